The highest BCUT2D eigenvalue weighted by Gasteiger charge is 2.15. The van der Waals surface area contributed by atoms with Crippen molar-refractivity contribution in [3.63, 3.8) is 0 Å². The molecule has 0 aliphatic heterocycles. The lowest BCUT2D eigenvalue weighted by Crippen LogP contribution is -2.11. The van der Waals surface area contributed by atoms with Gasteiger partial charge in [0.15, 0.2) is 0 Å². The van der Waals surface area contributed by atoms with Crippen LogP contribution < -0.4 is 5.32 Å². The Hall–Kier alpha value is -3.28. The van der Waals surface area contributed by atoms with Crippen molar-refractivity contribution in [2.75, 3.05) is 5.32 Å². The van der Waals surface area contributed by atoms with E-state index in [-0.39, 0.29) is 5.91 Å². The van der Waals surface area contributed by atoms with Crippen LogP contribution in [-0.2, 0) is 6.42 Å². The lowest BCUT2D eigenvalue weighted by Gasteiger charge is -2.07. The summed E-state index contributed by atoms with van der Waals surface area (Å²) < 4.78 is 1.14. The molecule has 0 aliphatic carbocycles. The standard InChI is InChI=1S/C25H18N2OS2/c28-23(19-12-10-18(11-13-19)16-17-6-2-1-3-7-17)27-24-20(14-15-29-24)25-26-21-8-4-5-9-22(21)30-25/h1-15H,16H2,(H,27,28). The summed E-state index contributed by atoms with van der Waals surface area (Å²) in [6.07, 6.45) is 0.857. The minimum atomic E-state index is -0.105. The van der Waals surface area contributed by atoms with Crippen LogP contribution in [0.25, 0.3) is 20.8 Å². The van der Waals surface area contributed by atoms with Crippen LogP contribution in [0.5, 0.6) is 0 Å². The second-order valence-electron chi connectivity index (χ2n) is 6.96. The summed E-state index contributed by atoms with van der Waals surface area (Å²) in [4.78, 5) is 17.5. The minimum Gasteiger partial charge on any atom is -0.313 e. The molecule has 1 N–H and O–H groups in total. The van der Waals surface area contributed by atoms with E-state index in [1.165, 1.54) is 22.5 Å². The fraction of sp³-hybridized carbons (Fsp3) is 0.0400. The molecule has 1 amide bonds. The number of amides is 1. The van der Waals surface area contributed by atoms with E-state index < -0.39 is 0 Å². The van der Waals surface area contributed by atoms with Gasteiger partial charge in [-0.3, -0.25) is 4.79 Å². The maximum absolute atomic E-state index is 12.8. The number of carbonyl (C=O) groups is 1. The van der Waals surface area contributed by atoms with Crippen LogP contribution in [0.15, 0.2) is 90.3 Å². The van der Waals surface area contributed by atoms with Gasteiger partial charge in [0.25, 0.3) is 5.91 Å². The normalized spacial score (nSPS) is 10.9. The Balaban J connectivity index is 1.33. The zero-order valence-corrected chi connectivity index (χ0v) is 17.7. The molecular weight excluding hydrogens is 408 g/mol. The molecule has 3 nitrogen and oxygen atoms in total. The Morgan fingerprint density at radius 3 is 2.37 bits per heavy atom. The Labute approximate surface area is 182 Å². The number of rotatable bonds is 5. The summed E-state index contributed by atoms with van der Waals surface area (Å²) >= 11 is 3.16. The third-order valence-corrected chi connectivity index (χ3v) is 6.78. The fourth-order valence-electron chi connectivity index (χ4n) is 3.34. The summed E-state index contributed by atoms with van der Waals surface area (Å²) in [7, 11) is 0. The second-order valence-corrected chi connectivity index (χ2v) is 8.91. The molecule has 0 saturated heterocycles. The first-order valence-electron chi connectivity index (χ1n) is 9.64. The van der Waals surface area contributed by atoms with E-state index in [9.17, 15) is 4.79 Å². The first-order valence-corrected chi connectivity index (χ1v) is 11.3. The highest BCUT2D eigenvalue weighted by atomic mass is 32.1. The van der Waals surface area contributed by atoms with Crippen molar-refractivity contribution in [2.45, 2.75) is 6.42 Å². The van der Waals surface area contributed by atoms with Gasteiger partial charge in [-0.1, -0.05) is 54.6 Å². The van der Waals surface area contributed by atoms with Gasteiger partial charge in [0.05, 0.1) is 10.2 Å². The molecule has 0 bridgehead atoms. The van der Waals surface area contributed by atoms with Crippen LogP contribution in [0, 0.1) is 0 Å². The average Bonchev–Trinajstić information content (AvgIpc) is 3.41. The highest BCUT2D eigenvalue weighted by Crippen LogP contribution is 2.37. The van der Waals surface area contributed by atoms with Gasteiger partial charge in [-0.25, -0.2) is 4.98 Å². The van der Waals surface area contributed by atoms with E-state index in [2.05, 4.69) is 23.5 Å². The van der Waals surface area contributed by atoms with Crippen molar-refractivity contribution in [1.29, 1.82) is 0 Å². The summed E-state index contributed by atoms with van der Waals surface area (Å²) in [6, 6.07) is 28.2. The van der Waals surface area contributed by atoms with Crippen LogP contribution in [0.2, 0.25) is 0 Å². The molecule has 5 rings (SSSR count). The highest BCUT2D eigenvalue weighted by molar-refractivity contribution is 7.22. The first kappa shape index (κ1) is 18.7. The third-order valence-electron chi connectivity index (χ3n) is 4.88. The number of benzene rings is 3. The number of aromatic nitrogens is 1. The van der Waals surface area contributed by atoms with E-state index >= 15 is 0 Å². The molecule has 0 atom stereocenters. The number of para-hydroxylation sites is 1. The maximum Gasteiger partial charge on any atom is 0.256 e. The maximum atomic E-state index is 12.8. The number of thiophene rings is 1. The number of hydrogen-bond acceptors (Lipinski definition) is 4. The SMILES string of the molecule is O=C(Nc1sccc1-c1nc2ccccc2s1)c1ccc(Cc2ccccc2)cc1. The van der Waals surface area contributed by atoms with Crippen molar-refractivity contribution in [1.82, 2.24) is 4.98 Å². The molecule has 2 heterocycles. The Morgan fingerprint density at radius 2 is 1.57 bits per heavy atom. The smallest absolute Gasteiger partial charge is 0.256 e. The summed E-state index contributed by atoms with van der Waals surface area (Å²) in [5.41, 5.74) is 5.04. The number of carbonyl (C=O) groups excluding carboxylic acids is 1. The molecule has 0 fully saturated rings. The van der Waals surface area contributed by atoms with Gasteiger partial charge in [-0.05, 0) is 53.3 Å². The Bertz CT molecular complexity index is 1270. The van der Waals surface area contributed by atoms with Crippen molar-refractivity contribution < 1.29 is 4.79 Å². The van der Waals surface area contributed by atoms with Gasteiger partial charge < -0.3 is 5.32 Å². The predicted molar refractivity (Wildman–Crippen MR) is 127 cm³/mol. The zero-order valence-electron chi connectivity index (χ0n) is 16.0. The number of hydrogen-bond donors (Lipinski definition) is 1. The van der Waals surface area contributed by atoms with Crippen LogP contribution in [-0.4, -0.2) is 10.9 Å². The first-order chi connectivity index (χ1) is 14.8. The molecule has 0 radical (unpaired) electrons. The molecule has 0 saturated carbocycles. The number of nitrogens with one attached hydrogen (secondary N) is 1. The molecule has 5 heteroatoms. The van der Waals surface area contributed by atoms with Crippen LogP contribution in [0.4, 0.5) is 5.00 Å². The predicted octanol–water partition coefficient (Wildman–Crippen LogP) is 6.87. The number of thiazole rings is 1. The van der Waals surface area contributed by atoms with Gasteiger partial charge >= 0.3 is 0 Å². The van der Waals surface area contributed by atoms with E-state index in [1.54, 1.807) is 11.3 Å². The van der Waals surface area contributed by atoms with Crippen molar-refractivity contribution >= 4 is 43.8 Å². The van der Waals surface area contributed by atoms with Crippen LogP contribution in [0.1, 0.15) is 21.5 Å². The molecule has 0 aliphatic rings. The lowest BCUT2D eigenvalue weighted by molar-refractivity contribution is 0.102. The second kappa shape index (κ2) is 8.22. The van der Waals surface area contributed by atoms with E-state index in [0.29, 0.717) is 5.56 Å². The molecule has 0 unspecified atom stereocenters. The molecule has 2 aromatic heterocycles. The van der Waals surface area contributed by atoms with Crippen molar-refractivity contribution in [3.8, 4) is 10.6 Å². The monoisotopic (exact) mass is 426 g/mol. The quantitative estimate of drug-likeness (QED) is 0.333. The number of anilines is 1. The molecule has 30 heavy (non-hydrogen) atoms. The number of fused-ring (bicyclic) bond motifs is 1. The lowest BCUT2D eigenvalue weighted by atomic mass is 10.0. The van der Waals surface area contributed by atoms with Crippen molar-refractivity contribution in [3.05, 3.63) is 107 Å². The summed E-state index contributed by atoms with van der Waals surface area (Å²) in [5, 5.41) is 6.80. The van der Waals surface area contributed by atoms with E-state index in [0.717, 1.165) is 32.2 Å². The van der Waals surface area contributed by atoms with Crippen LogP contribution in [0.3, 0.4) is 0 Å². The van der Waals surface area contributed by atoms with Gasteiger partial charge in [0.1, 0.15) is 10.0 Å². The molecular formula is C25H18N2OS2. The minimum absolute atomic E-state index is 0.105. The number of nitrogens with zero attached hydrogens (tertiary/aromatic N) is 1. The largest absolute Gasteiger partial charge is 0.313 e. The van der Waals surface area contributed by atoms with Gasteiger partial charge in [0.2, 0.25) is 0 Å². The Kier molecular flexibility index (Phi) is 5.13. The molecule has 5 aromatic rings. The zero-order chi connectivity index (χ0) is 20.3. The van der Waals surface area contributed by atoms with Crippen LogP contribution >= 0.6 is 22.7 Å². The Morgan fingerprint density at radius 1 is 0.833 bits per heavy atom. The topological polar surface area (TPSA) is 42.0 Å². The van der Waals surface area contributed by atoms with E-state index in [1.807, 2.05) is 72.1 Å². The summed E-state index contributed by atoms with van der Waals surface area (Å²) in [6.45, 7) is 0. The molecule has 146 valence electrons. The van der Waals surface area contributed by atoms with Gasteiger partial charge in [-0.15, -0.1) is 22.7 Å². The summed E-state index contributed by atoms with van der Waals surface area (Å²) in [5.74, 6) is -0.105. The van der Waals surface area contributed by atoms with E-state index in [4.69, 9.17) is 4.98 Å². The third kappa shape index (κ3) is 3.90. The molecule has 3 aromatic carbocycles. The van der Waals surface area contributed by atoms with Gasteiger partial charge in [-0.2, -0.15) is 0 Å². The average molecular weight is 427 g/mol. The molecule has 0 spiro atoms. The van der Waals surface area contributed by atoms with Gasteiger partial charge in [0, 0.05) is 11.1 Å². The fourth-order valence-corrected chi connectivity index (χ4v) is 5.19. The van der Waals surface area contributed by atoms with Crippen molar-refractivity contribution in [2.24, 2.45) is 0 Å².